The molecular weight excluding hydrogens is 377 g/mol. The molecule has 5 nitrogen and oxygen atoms in total. The van der Waals surface area contributed by atoms with Gasteiger partial charge in [0.25, 0.3) is 5.88 Å². The van der Waals surface area contributed by atoms with Crippen LogP contribution in [0.5, 0.6) is 5.88 Å². The Balaban J connectivity index is 1.64. The third-order valence-corrected chi connectivity index (χ3v) is 6.22. The van der Waals surface area contributed by atoms with E-state index in [0.29, 0.717) is 22.4 Å². The molecular formula is C21H28FN3O2S. The number of hydrogen-bond acceptors (Lipinski definition) is 5. The van der Waals surface area contributed by atoms with Crippen molar-refractivity contribution >= 4 is 17.0 Å². The Bertz CT molecular complexity index is 804. The number of halogens is 1. The van der Waals surface area contributed by atoms with Gasteiger partial charge >= 0.3 is 0 Å². The molecule has 1 atom stereocenters. The Morgan fingerprint density at radius 1 is 1.25 bits per heavy atom. The third-order valence-electron chi connectivity index (χ3n) is 4.63. The van der Waals surface area contributed by atoms with Gasteiger partial charge in [0.15, 0.2) is 16.5 Å². The Labute approximate surface area is 169 Å². The standard InChI is InChI=1S/C21H28FN3O2S/c1-15-13-23-20(27-21(2,3)4)19(24-15)25-11-9-16(10-12-25)14-28(26)18-8-6-5-7-17(18)22/h5-8,13,16H,9-12,14H2,1-4H3. The molecule has 0 aliphatic carbocycles. The van der Waals surface area contributed by atoms with Crippen molar-refractivity contribution in [3.63, 3.8) is 0 Å². The Hall–Kier alpha value is -1.86. The molecule has 1 aliphatic rings. The summed E-state index contributed by atoms with van der Waals surface area (Å²) < 4.78 is 32.4. The Morgan fingerprint density at radius 2 is 1.93 bits per heavy atom. The summed E-state index contributed by atoms with van der Waals surface area (Å²) >= 11 is -1.32. The van der Waals surface area contributed by atoms with Crippen LogP contribution in [0.4, 0.5) is 10.2 Å². The van der Waals surface area contributed by atoms with E-state index in [1.807, 2.05) is 27.7 Å². The molecule has 0 bridgehead atoms. The third kappa shape index (κ3) is 5.35. The largest absolute Gasteiger partial charge is 0.611 e. The van der Waals surface area contributed by atoms with E-state index < -0.39 is 17.0 Å². The summed E-state index contributed by atoms with van der Waals surface area (Å²) in [5, 5.41) is 0. The summed E-state index contributed by atoms with van der Waals surface area (Å²) in [7, 11) is 0. The molecule has 0 N–H and O–H groups in total. The fourth-order valence-corrected chi connectivity index (χ4v) is 4.72. The zero-order valence-corrected chi connectivity index (χ0v) is 17.8. The van der Waals surface area contributed by atoms with Gasteiger partial charge in [0, 0.05) is 19.0 Å². The lowest BCUT2D eigenvalue weighted by Gasteiger charge is -2.34. The van der Waals surface area contributed by atoms with Gasteiger partial charge in [-0.15, -0.1) is 0 Å². The first-order chi connectivity index (χ1) is 13.2. The van der Waals surface area contributed by atoms with Crippen LogP contribution in [0, 0.1) is 18.7 Å². The van der Waals surface area contributed by atoms with Crippen LogP contribution >= 0.6 is 0 Å². The van der Waals surface area contributed by atoms with Gasteiger partial charge in [0.2, 0.25) is 0 Å². The first-order valence-electron chi connectivity index (χ1n) is 9.63. The van der Waals surface area contributed by atoms with Crippen LogP contribution in [-0.4, -0.2) is 39.0 Å². The van der Waals surface area contributed by atoms with E-state index in [1.165, 1.54) is 6.07 Å². The van der Waals surface area contributed by atoms with E-state index in [1.54, 1.807) is 24.4 Å². The van der Waals surface area contributed by atoms with E-state index in [0.717, 1.165) is 37.4 Å². The zero-order valence-electron chi connectivity index (χ0n) is 16.9. The van der Waals surface area contributed by atoms with Crippen LogP contribution in [0.15, 0.2) is 35.4 Å². The number of benzene rings is 1. The van der Waals surface area contributed by atoms with Crippen molar-refractivity contribution in [2.45, 2.75) is 51.0 Å². The lowest BCUT2D eigenvalue weighted by atomic mass is 9.99. The first kappa shape index (κ1) is 20.9. The molecule has 2 aromatic rings. The normalized spacial score (nSPS) is 16.9. The van der Waals surface area contributed by atoms with Crippen molar-refractivity contribution in [2.75, 3.05) is 23.7 Å². The van der Waals surface area contributed by atoms with Crippen LogP contribution in [0.2, 0.25) is 0 Å². The number of aromatic nitrogens is 2. The highest BCUT2D eigenvalue weighted by Gasteiger charge is 2.29. The van der Waals surface area contributed by atoms with Crippen LogP contribution < -0.4 is 9.64 Å². The number of hydrogen-bond donors (Lipinski definition) is 0. The van der Waals surface area contributed by atoms with E-state index in [9.17, 15) is 8.94 Å². The number of piperidine rings is 1. The minimum absolute atomic E-state index is 0.293. The molecule has 1 aliphatic heterocycles. The van der Waals surface area contributed by atoms with E-state index >= 15 is 0 Å². The molecule has 0 radical (unpaired) electrons. The summed E-state index contributed by atoms with van der Waals surface area (Å²) in [6.45, 7) is 9.46. The molecule has 1 aromatic heterocycles. The van der Waals surface area contributed by atoms with Gasteiger partial charge in [-0.25, -0.2) is 14.4 Å². The Morgan fingerprint density at radius 3 is 2.57 bits per heavy atom. The Kier molecular flexibility index (Phi) is 6.45. The highest BCUT2D eigenvalue weighted by Crippen LogP contribution is 2.31. The monoisotopic (exact) mass is 405 g/mol. The van der Waals surface area contributed by atoms with E-state index in [2.05, 4.69) is 14.9 Å². The summed E-state index contributed by atoms with van der Waals surface area (Å²) in [6.07, 6.45) is 3.48. The first-order valence-corrected chi connectivity index (χ1v) is 11.0. The minimum Gasteiger partial charge on any atom is -0.611 e. The fourth-order valence-electron chi connectivity index (χ4n) is 3.27. The molecule has 0 saturated carbocycles. The maximum atomic E-state index is 13.9. The topological polar surface area (TPSA) is 61.3 Å². The molecule has 28 heavy (non-hydrogen) atoms. The average molecular weight is 406 g/mol. The predicted molar refractivity (Wildman–Crippen MR) is 110 cm³/mol. The number of ether oxygens (including phenoxy) is 1. The smallest absolute Gasteiger partial charge is 0.258 e. The van der Waals surface area contributed by atoms with Gasteiger partial charge < -0.3 is 14.2 Å². The predicted octanol–water partition coefficient (Wildman–Crippen LogP) is 4.13. The molecule has 1 saturated heterocycles. The van der Waals surface area contributed by atoms with Gasteiger partial charge in [-0.2, -0.15) is 0 Å². The van der Waals surface area contributed by atoms with Crippen molar-refractivity contribution in [2.24, 2.45) is 5.92 Å². The second kappa shape index (κ2) is 8.66. The maximum Gasteiger partial charge on any atom is 0.258 e. The van der Waals surface area contributed by atoms with Gasteiger partial charge in [-0.05, 0) is 63.8 Å². The van der Waals surface area contributed by atoms with Crippen molar-refractivity contribution in [3.05, 3.63) is 42.0 Å². The lowest BCUT2D eigenvalue weighted by Crippen LogP contribution is -2.37. The van der Waals surface area contributed by atoms with E-state index in [-0.39, 0.29) is 5.60 Å². The van der Waals surface area contributed by atoms with E-state index in [4.69, 9.17) is 4.74 Å². The molecule has 0 spiro atoms. The van der Waals surface area contributed by atoms with Crippen LogP contribution in [-0.2, 0) is 11.2 Å². The average Bonchev–Trinajstić information content (AvgIpc) is 2.63. The van der Waals surface area contributed by atoms with Crippen molar-refractivity contribution < 1.29 is 13.7 Å². The molecule has 152 valence electrons. The summed E-state index contributed by atoms with van der Waals surface area (Å²) in [4.78, 5) is 11.6. The van der Waals surface area contributed by atoms with Crippen LogP contribution in [0.25, 0.3) is 0 Å². The quantitative estimate of drug-likeness (QED) is 0.700. The highest BCUT2D eigenvalue weighted by atomic mass is 32.2. The number of aryl methyl sites for hydroxylation is 1. The summed E-state index contributed by atoms with van der Waals surface area (Å²) in [5.74, 6) is 1.70. The van der Waals surface area contributed by atoms with Gasteiger partial charge in [0.1, 0.15) is 11.4 Å². The molecule has 1 unspecified atom stereocenters. The van der Waals surface area contributed by atoms with Crippen LogP contribution in [0.1, 0.15) is 39.3 Å². The zero-order chi connectivity index (χ0) is 20.3. The molecule has 7 heteroatoms. The summed E-state index contributed by atoms with van der Waals surface area (Å²) in [6, 6.07) is 6.32. The van der Waals surface area contributed by atoms with Gasteiger partial charge in [-0.3, -0.25) is 0 Å². The van der Waals surface area contributed by atoms with Crippen LogP contribution in [0.3, 0.4) is 0 Å². The number of anilines is 1. The van der Waals surface area contributed by atoms with Crippen molar-refractivity contribution in [3.8, 4) is 5.88 Å². The molecule has 3 rings (SSSR count). The maximum absolute atomic E-state index is 13.9. The minimum atomic E-state index is -1.32. The second-order valence-corrected chi connectivity index (χ2v) is 9.69. The van der Waals surface area contributed by atoms with Crippen molar-refractivity contribution in [1.82, 2.24) is 9.97 Å². The number of nitrogens with zero attached hydrogens (tertiary/aromatic N) is 3. The van der Waals surface area contributed by atoms with Crippen molar-refractivity contribution in [1.29, 1.82) is 0 Å². The van der Waals surface area contributed by atoms with Gasteiger partial charge in [0.05, 0.1) is 11.9 Å². The SMILES string of the molecule is Cc1cnc(OC(C)(C)C)c(N2CCC(C[S+]([O-])c3ccccc3F)CC2)n1. The molecule has 1 aromatic carbocycles. The molecule has 1 fully saturated rings. The fraction of sp³-hybridized carbons (Fsp3) is 0.524. The van der Waals surface area contributed by atoms with Gasteiger partial charge in [-0.1, -0.05) is 12.1 Å². The molecule has 2 heterocycles. The highest BCUT2D eigenvalue weighted by molar-refractivity contribution is 7.91. The summed E-state index contributed by atoms with van der Waals surface area (Å²) in [5.41, 5.74) is 0.493. The lowest BCUT2D eigenvalue weighted by molar-refractivity contribution is 0.124. The molecule has 0 amide bonds. The number of rotatable bonds is 5. The second-order valence-electron chi connectivity index (χ2n) is 8.23.